The van der Waals surface area contributed by atoms with Crippen LogP contribution >= 0.6 is 0 Å². The van der Waals surface area contributed by atoms with E-state index in [1.165, 1.54) is 24.9 Å². The van der Waals surface area contributed by atoms with Crippen LogP contribution < -0.4 is 0 Å². The van der Waals surface area contributed by atoms with E-state index in [2.05, 4.69) is 27.4 Å². The van der Waals surface area contributed by atoms with Crippen LogP contribution in [0.15, 0.2) is 12.7 Å². The molecule has 0 heterocycles. The molecule has 2 heteroatoms. The first-order chi connectivity index (χ1) is 6.24. The van der Waals surface area contributed by atoms with E-state index in [0.29, 0.717) is 0 Å². The molecule has 0 N–H and O–H groups in total. The van der Waals surface area contributed by atoms with Gasteiger partial charge in [-0.05, 0) is 24.6 Å². The van der Waals surface area contributed by atoms with Gasteiger partial charge in [0.05, 0.1) is 0 Å². The first-order valence-corrected chi connectivity index (χ1v) is 8.02. The van der Waals surface area contributed by atoms with Crippen LogP contribution in [-0.4, -0.2) is 14.9 Å². The fraction of sp³-hybridized carbons (Fsp3) is 0.818. The summed E-state index contributed by atoms with van der Waals surface area (Å²) >= 11 is 0. The molecule has 0 radical (unpaired) electrons. The highest BCUT2D eigenvalue weighted by atomic mass is 28.4. The van der Waals surface area contributed by atoms with Crippen molar-refractivity contribution in [1.29, 1.82) is 0 Å². The number of rotatable bonds is 8. The molecule has 0 aliphatic rings. The lowest BCUT2D eigenvalue weighted by molar-refractivity contribution is 0.293. The fourth-order valence-electron chi connectivity index (χ4n) is 1.50. The minimum atomic E-state index is -1.40. The zero-order valence-corrected chi connectivity index (χ0v) is 10.4. The topological polar surface area (TPSA) is 9.23 Å². The monoisotopic (exact) mass is 200 g/mol. The molecule has 0 aromatic rings. The van der Waals surface area contributed by atoms with Gasteiger partial charge in [0.25, 0.3) is 0 Å². The molecule has 0 amide bonds. The minimum Gasteiger partial charge on any atom is -0.417 e. The Labute approximate surface area is 84.3 Å². The molecule has 1 nitrogen and oxygen atoms in total. The van der Waals surface area contributed by atoms with Gasteiger partial charge < -0.3 is 4.43 Å². The Bertz CT molecular complexity index is 130. The van der Waals surface area contributed by atoms with Crippen LogP contribution in [-0.2, 0) is 4.43 Å². The molecule has 0 fully saturated rings. The van der Waals surface area contributed by atoms with Gasteiger partial charge in [-0.25, -0.2) is 0 Å². The van der Waals surface area contributed by atoms with Gasteiger partial charge in [-0.15, -0.1) is 6.58 Å². The van der Waals surface area contributed by atoms with Gasteiger partial charge >= 0.3 is 0 Å². The molecule has 0 aliphatic heterocycles. The van der Waals surface area contributed by atoms with Crippen LogP contribution in [0.3, 0.4) is 0 Å². The number of hydrogen-bond acceptors (Lipinski definition) is 1. The van der Waals surface area contributed by atoms with E-state index in [1.807, 2.05) is 6.08 Å². The summed E-state index contributed by atoms with van der Waals surface area (Å²) in [7, 11) is -1.40. The van der Waals surface area contributed by atoms with Crippen molar-refractivity contribution in [3.05, 3.63) is 12.7 Å². The SMILES string of the molecule is C=CC[Si](CC)(CC)OCCCC. The molecule has 0 unspecified atom stereocenters. The van der Waals surface area contributed by atoms with E-state index in [0.717, 1.165) is 12.7 Å². The fourth-order valence-corrected chi connectivity index (χ4v) is 4.20. The van der Waals surface area contributed by atoms with Crippen LogP contribution in [0.4, 0.5) is 0 Å². The number of hydrogen-bond donors (Lipinski definition) is 0. The summed E-state index contributed by atoms with van der Waals surface area (Å²) in [6.45, 7) is 11.5. The normalized spacial score (nSPS) is 11.6. The van der Waals surface area contributed by atoms with Crippen molar-refractivity contribution in [2.24, 2.45) is 0 Å². The van der Waals surface area contributed by atoms with Crippen LogP contribution in [0.2, 0.25) is 18.1 Å². The Hall–Kier alpha value is -0.0831. The van der Waals surface area contributed by atoms with Gasteiger partial charge in [-0.2, -0.15) is 0 Å². The predicted molar refractivity (Wildman–Crippen MR) is 62.6 cm³/mol. The van der Waals surface area contributed by atoms with Crippen molar-refractivity contribution >= 4 is 8.32 Å². The van der Waals surface area contributed by atoms with Gasteiger partial charge in [0, 0.05) is 6.61 Å². The summed E-state index contributed by atoms with van der Waals surface area (Å²) in [6, 6.07) is 3.56. The van der Waals surface area contributed by atoms with E-state index >= 15 is 0 Å². The van der Waals surface area contributed by atoms with E-state index in [9.17, 15) is 0 Å². The van der Waals surface area contributed by atoms with Gasteiger partial charge in [-0.3, -0.25) is 0 Å². The Balaban J connectivity index is 3.96. The summed E-state index contributed by atoms with van der Waals surface area (Å²) < 4.78 is 6.08. The largest absolute Gasteiger partial charge is 0.417 e. The summed E-state index contributed by atoms with van der Waals surface area (Å²) in [4.78, 5) is 0. The third kappa shape index (κ3) is 4.63. The van der Waals surface area contributed by atoms with Crippen molar-refractivity contribution < 1.29 is 4.43 Å². The number of unbranched alkanes of at least 4 members (excludes halogenated alkanes) is 1. The molecule has 0 saturated heterocycles. The van der Waals surface area contributed by atoms with Crippen molar-refractivity contribution in [3.63, 3.8) is 0 Å². The lowest BCUT2D eigenvalue weighted by atomic mass is 10.4. The third-order valence-corrected chi connectivity index (χ3v) is 7.14. The summed E-state index contributed by atoms with van der Waals surface area (Å²) in [5.74, 6) is 0. The second-order valence-electron chi connectivity index (χ2n) is 3.58. The average molecular weight is 200 g/mol. The molecular formula is C11H24OSi. The Morgan fingerprint density at radius 2 is 1.85 bits per heavy atom. The average Bonchev–Trinajstić information content (AvgIpc) is 2.17. The zero-order valence-electron chi connectivity index (χ0n) is 9.44. The summed E-state index contributed by atoms with van der Waals surface area (Å²) in [5.41, 5.74) is 0. The van der Waals surface area contributed by atoms with Crippen LogP contribution in [0.5, 0.6) is 0 Å². The van der Waals surface area contributed by atoms with Gasteiger partial charge in [0.1, 0.15) is 0 Å². The quantitative estimate of drug-likeness (QED) is 0.327. The lowest BCUT2D eigenvalue weighted by Gasteiger charge is -2.28. The molecule has 0 spiro atoms. The second kappa shape index (κ2) is 7.33. The number of allylic oxidation sites excluding steroid dienone is 1. The van der Waals surface area contributed by atoms with E-state index in [-0.39, 0.29) is 0 Å². The highest BCUT2D eigenvalue weighted by Crippen LogP contribution is 2.22. The van der Waals surface area contributed by atoms with Gasteiger partial charge in [0.15, 0.2) is 8.32 Å². The molecular weight excluding hydrogens is 176 g/mol. The molecule has 0 atom stereocenters. The first kappa shape index (κ1) is 12.9. The van der Waals surface area contributed by atoms with Gasteiger partial charge in [0.2, 0.25) is 0 Å². The predicted octanol–water partition coefficient (Wildman–Crippen LogP) is 3.97. The molecule has 0 bridgehead atoms. The smallest absolute Gasteiger partial charge is 0.195 e. The third-order valence-electron chi connectivity index (χ3n) is 2.71. The molecule has 13 heavy (non-hydrogen) atoms. The Morgan fingerprint density at radius 3 is 2.23 bits per heavy atom. The molecule has 0 saturated carbocycles. The van der Waals surface area contributed by atoms with Crippen molar-refractivity contribution in [2.45, 2.75) is 51.7 Å². The van der Waals surface area contributed by atoms with Gasteiger partial charge in [-0.1, -0.05) is 33.3 Å². The maximum absolute atomic E-state index is 6.08. The van der Waals surface area contributed by atoms with Crippen LogP contribution in [0, 0.1) is 0 Å². The summed E-state index contributed by atoms with van der Waals surface area (Å²) in [5, 5.41) is 0. The molecule has 0 aromatic carbocycles. The van der Waals surface area contributed by atoms with E-state index in [1.54, 1.807) is 0 Å². The zero-order chi connectivity index (χ0) is 10.2. The van der Waals surface area contributed by atoms with Crippen molar-refractivity contribution in [3.8, 4) is 0 Å². The van der Waals surface area contributed by atoms with E-state index in [4.69, 9.17) is 4.43 Å². The van der Waals surface area contributed by atoms with Crippen molar-refractivity contribution in [1.82, 2.24) is 0 Å². The van der Waals surface area contributed by atoms with Crippen LogP contribution in [0.25, 0.3) is 0 Å². The Kier molecular flexibility index (Phi) is 7.29. The highest BCUT2D eigenvalue weighted by molar-refractivity contribution is 6.74. The second-order valence-corrected chi connectivity index (χ2v) is 8.06. The standard InChI is InChI=1S/C11H24OSi/c1-5-9-10-12-13(7-3,8-4)11-6-2/h6H,2,5,7-11H2,1,3-4H3. The molecule has 0 aliphatic carbocycles. The minimum absolute atomic E-state index is 0.957. The highest BCUT2D eigenvalue weighted by Gasteiger charge is 2.28. The summed E-state index contributed by atoms with van der Waals surface area (Å²) in [6.07, 6.45) is 4.46. The Morgan fingerprint density at radius 1 is 1.23 bits per heavy atom. The van der Waals surface area contributed by atoms with Crippen molar-refractivity contribution in [2.75, 3.05) is 6.61 Å². The maximum Gasteiger partial charge on any atom is 0.195 e. The first-order valence-electron chi connectivity index (χ1n) is 5.49. The molecule has 78 valence electrons. The lowest BCUT2D eigenvalue weighted by Crippen LogP contribution is -2.36. The maximum atomic E-state index is 6.08. The molecule has 0 rings (SSSR count). The van der Waals surface area contributed by atoms with E-state index < -0.39 is 8.32 Å². The molecule has 0 aromatic heterocycles. The van der Waals surface area contributed by atoms with Crippen LogP contribution in [0.1, 0.15) is 33.6 Å².